The minimum Gasteiger partial charge on any atom is -0.328 e. The van der Waals surface area contributed by atoms with E-state index in [1.807, 2.05) is 30.3 Å². The third kappa shape index (κ3) is 2.20. The molecular formula is C20H15N. The number of benzene rings is 2. The molecule has 21 heavy (non-hydrogen) atoms. The van der Waals surface area contributed by atoms with E-state index in [1.165, 1.54) is 10.9 Å². The predicted molar refractivity (Wildman–Crippen MR) is 88.7 cm³/mol. The maximum absolute atomic E-state index is 5.58. The van der Waals surface area contributed by atoms with Gasteiger partial charge in [0.2, 0.25) is 0 Å². The normalized spacial score (nSPS) is 10.2. The van der Waals surface area contributed by atoms with Gasteiger partial charge in [-0.3, -0.25) is 0 Å². The zero-order valence-corrected chi connectivity index (χ0v) is 11.7. The van der Waals surface area contributed by atoms with Crippen LogP contribution in [0.25, 0.3) is 22.2 Å². The van der Waals surface area contributed by atoms with E-state index < -0.39 is 0 Å². The Kier molecular flexibility index (Phi) is 3.50. The minimum absolute atomic E-state index is 0.537. The molecule has 3 aromatic rings. The molecule has 0 bridgehead atoms. The van der Waals surface area contributed by atoms with Crippen LogP contribution in [0, 0.1) is 24.7 Å². The van der Waals surface area contributed by atoms with Gasteiger partial charge in [-0.15, -0.1) is 18.8 Å². The minimum atomic E-state index is 0.537. The first-order valence-corrected chi connectivity index (χ1v) is 6.89. The first-order chi connectivity index (χ1) is 10.4. The Balaban J connectivity index is 2.40. The van der Waals surface area contributed by atoms with Gasteiger partial charge in [-0.1, -0.05) is 54.5 Å². The second kappa shape index (κ2) is 5.61. The van der Waals surface area contributed by atoms with Crippen LogP contribution in [0.4, 0.5) is 0 Å². The van der Waals surface area contributed by atoms with Gasteiger partial charge in [0.05, 0.1) is 12.2 Å². The van der Waals surface area contributed by atoms with E-state index in [1.54, 1.807) is 0 Å². The number of terminal acetylenes is 2. The van der Waals surface area contributed by atoms with Crippen molar-refractivity contribution in [3.8, 4) is 35.9 Å². The molecule has 0 aliphatic rings. The van der Waals surface area contributed by atoms with Gasteiger partial charge in [0.1, 0.15) is 0 Å². The third-order valence-corrected chi connectivity index (χ3v) is 3.65. The fourth-order valence-corrected chi connectivity index (χ4v) is 2.84. The predicted octanol–water partition coefficient (Wildman–Crippen LogP) is 4.12. The number of fused-ring (bicyclic) bond motifs is 1. The van der Waals surface area contributed by atoms with Gasteiger partial charge < -0.3 is 4.57 Å². The summed E-state index contributed by atoms with van der Waals surface area (Å²) >= 11 is 0. The van der Waals surface area contributed by atoms with E-state index in [0.717, 1.165) is 16.8 Å². The number of hydrogen-bond donors (Lipinski definition) is 0. The summed E-state index contributed by atoms with van der Waals surface area (Å²) in [5, 5.41) is 1.18. The van der Waals surface area contributed by atoms with Crippen LogP contribution in [0.5, 0.6) is 0 Å². The van der Waals surface area contributed by atoms with E-state index >= 15 is 0 Å². The van der Waals surface area contributed by atoms with Crippen LogP contribution < -0.4 is 0 Å². The molecule has 0 saturated heterocycles. The van der Waals surface area contributed by atoms with Gasteiger partial charge in [0.25, 0.3) is 0 Å². The summed E-state index contributed by atoms with van der Waals surface area (Å²) in [6.07, 6.45) is 11.8. The molecule has 0 N–H and O–H groups in total. The largest absolute Gasteiger partial charge is 0.328 e. The number of hydrogen-bond acceptors (Lipinski definition) is 0. The molecule has 0 aliphatic heterocycles. The van der Waals surface area contributed by atoms with E-state index in [4.69, 9.17) is 12.8 Å². The molecule has 100 valence electrons. The van der Waals surface area contributed by atoms with Crippen molar-refractivity contribution in [2.24, 2.45) is 0 Å². The molecule has 0 atom stereocenters. The highest BCUT2D eigenvalue weighted by Crippen LogP contribution is 2.34. The summed E-state index contributed by atoms with van der Waals surface area (Å²) in [7, 11) is 0. The van der Waals surface area contributed by atoms with Crippen molar-refractivity contribution in [1.29, 1.82) is 0 Å². The summed E-state index contributed by atoms with van der Waals surface area (Å²) in [5.41, 5.74) is 4.59. The fourth-order valence-electron chi connectivity index (χ4n) is 2.84. The molecule has 1 aromatic heterocycles. The van der Waals surface area contributed by atoms with E-state index in [9.17, 15) is 0 Å². The smallest absolute Gasteiger partial charge is 0.0841 e. The zero-order valence-electron chi connectivity index (χ0n) is 11.7. The summed E-state index contributed by atoms with van der Waals surface area (Å²) in [4.78, 5) is 0. The van der Waals surface area contributed by atoms with Gasteiger partial charge in [-0.05, 0) is 17.2 Å². The van der Waals surface area contributed by atoms with Crippen molar-refractivity contribution >= 4 is 10.9 Å². The lowest BCUT2D eigenvalue weighted by Gasteiger charge is -2.09. The number of nitrogens with zero attached hydrogens (tertiary/aromatic N) is 1. The molecule has 0 saturated carbocycles. The van der Waals surface area contributed by atoms with Crippen molar-refractivity contribution in [1.82, 2.24) is 4.57 Å². The molecule has 0 unspecified atom stereocenters. The standard InChI is InChI=1S/C20H15N/c1-3-10-18-17-13-8-9-14-19(17)21(15-4-2)20(18)16-11-6-5-7-12-16/h1-2,5-9,11-14H,10,15H2. The molecule has 0 aliphatic carbocycles. The Labute approximate surface area is 125 Å². The Morgan fingerprint density at radius 1 is 0.857 bits per heavy atom. The van der Waals surface area contributed by atoms with Crippen LogP contribution in [-0.4, -0.2) is 4.57 Å². The molecule has 0 spiro atoms. The van der Waals surface area contributed by atoms with E-state index in [2.05, 4.69) is 40.7 Å². The van der Waals surface area contributed by atoms with Crippen LogP contribution >= 0.6 is 0 Å². The molecule has 0 amide bonds. The second-order valence-corrected chi connectivity index (χ2v) is 4.88. The maximum atomic E-state index is 5.58. The lowest BCUT2D eigenvalue weighted by molar-refractivity contribution is 0.890. The average molecular weight is 269 g/mol. The average Bonchev–Trinajstić information content (AvgIpc) is 2.84. The van der Waals surface area contributed by atoms with Crippen molar-refractivity contribution in [3.05, 3.63) is 60.2 Å². The quantitative estimate of drug-likeness (QED) is 0.630. The molecule has 1 heteroatoms. The summed E-state index contributed by atoms with van der Waals surface area (Å²) in [6, 6.07) is 18.6. The topological polar surface area (TPSA) is 4.93 Å². The summed E-state index contributed by atoms with van der Waals surface area (Å²) in [5.74, 6) is 5.53. The Morgan fingerprint density at radius 2 is 1.57 bits per heavy atom. The fraction of sp³-hybridized carbons (Fsp3) is 0.100. The molecule has 1 nitrogen and oxygen atoms in total. The Morgan fingerprint density at radius 3 is 2.29 bits per heavy atom. The Hall–Kier alpha value is -2.90. The van der Waals surface area contributed by atoms with Crippen molar-refractivity contribution in [2.45, 2.75) is 13.0 Å². The van der Waals surface area contributed by atoms with Crippen LogP contribution in [0.2, 0.25) is 0 Å². The lowest BCUT2D eigenvalue weighted by atomic mass is 10.0. The Bertz CT molecular complexity index is 801. The summed E-state index contributed by atoms with van der Waals surface area (Å²) in [6.45, 7) is 0.537. The van der Waals surface area contributed by atoms with Crippen LogP contribution in [0.15, 0.2) is 54.6 Å². The van der Waals surface area contributed by atoms with Crippen LogP contribution in [0.1, 0.15) is 5.56 Å². The first kappa shape index (κ1) is 13.1. The number of aromatic nitrogens is 1. The SMILES string of the molecule is C#CCc1c(-c2ccccc2)n(CC#C)c2ccccc12. The second-order valence-electron chi connectivity index (χ2n) is 4.88. The van der Waals surface area contributed by atoms with Gasteiger partial charge in [-0.25, -0.2) is 0 Å². The molecule has 1 heterocycles. The van der Waals surface area contributed by atoms with Crippen LogP contribution in [0.3, 0.4) is 0 Å². The highest BCUT2D eigenvalue weighted by Gasteiger charge is 2.16. The molecule has 0 fully saturated rings. The number of para-hydroxylation sites is 1. The monoisotopic (exact) mass is 269 g/mol. The van der Waals surface area contributed by atoms with Crippen LogP contribution in [-0.2, 0) is 13.0 Å². The van der Waals surface area contributed by atoms with Gasteiger partial charge in [0, 0.05) is 17.3 Å². The summed E-state index contributed by atoms with van der Waals surface area (Å²) < 4.78 is 2.18. The van der Waals surface area contributed by atoms with Gasteiger partial charge in [-0.2, -0.15) is 0 Å². The molecule has 0 radical (unpaired) electrons. The molecule has 3 rings (SSSR count). The molecule has 2 aromatic carbocycles. The zero-order chi connectivity index (χ0) is 14.7. The van der Waals surface area contributed by atoms with Crippen molar-refractivity contribution in [2.75, 3.05) is 0 Å². The molecular weight excluding hydrogens is 254 g/mol. The lowest BCUT2D eigenvalue weighted by Crippen LogP contribution is -1.99. The maximum Gasteiger partial charge on any atom is 0.0841 e. The van der Waals surface area contributed by atoms with Gasteiger partial charge in [0.15, 0.2) is 0 Å². The van der Waals surface area contributed by atoms with Crippen molar-refractivity contribution < 1.29 is 0 Å². The van der Waals surface area contributed by atoms with E-state index in [0.29, 0.717) is 13.0 Å². The highest BCUT2D eigenvalue weighted by molar-refractivity contribution is 5.92. The first-order valence-electron chi connectivity index (χ1n) is 6.89. The van der Waals surface area contributed by atoms with E-state index in [-0.39, 0.29) is 0 Å². The van der Waals surface area contributed by atoms with Gasteiger partial charge >= 0.3 is 0 Å². The number of rotatable bonds is 3. The highest BCUT2D eigenvalue weighted by atomic mass is 15.0. The van der Waals surface area contributed by atoms with Crippen molar-refractivity contribution in [3.63, 3.8) is 0 Å². The third-order valence-electron chi connectivity index (χ3n) is 3.65.